The van der Waals surface area contributed by atoms with Gasteiger partial charge in [-0.15, -0.1) is 11.3 Å². The monoisotopic (exact) mass is 475 g/mol. The molecule has 1 aliphatic heterocycles. The Morgan fingerprint density at radius 2 is 2.12 bits per heavy atom. The fraction of sp³-hybridized carbons (Fsp3) is 0.250. The molecule has 3 aromatic heterocycles. The fourth-order valence-electron chi connectivity index (χ4n) is 4.51. The van der Waals surface area contributed by atoms with Gasteiger partial charge in [-0.3, -0.25) is 4.68 Å². The number of nitrogens with one attached hydrogen (secondary N) is 1. The molecule has 0 aliphatic carbocycles. The first-order chi connectivity index (χ1) is 16.5. The van der Waals surface area contributed by atoms with Crippen molar-refractivity contribution in [1.82, 2.24) is 30.0 Å². The van der Waals surface area contributed by atoms with E-state index in [0.717, 1.165) is 35.7 Å². The van der Waals surface area contributed by atoms with Gasteiger partial charge in [0.2, 0.25) is 0 Å². The van der Waals surface area contributed by atoms with Crippen molar-refractivity contribution in [3.05, 3.63) is 47.9 Å². The Labute approximate surface area is 198 Å². The molecule has 2 aromatic carbocycles. The number of hydrogen-bond acceptors (Lipinski definition) is 8. The smallest absolute Gasteiger partial charge is 0.193 e. The van der Waals surface area contributed by atoms with Crippen LogP contribution >= 0.6 is 11.3 Å². The predicted molar refractivity (Wildman–Crippen MR) is 132 cm³/mol. The number of halogens is 1. The van der Waals surface area contributed by atoms with Crippen molar-refractivity contribution in [3.63, 3.8) is 0 Å². The number of fused-ring (bicyclic) bond motifs is 2. The van der Waals surface area contributed by atoms with E-state index in [1.165, 1.54) is 16.0 Å². The van der Waals surface area contributed by atoms with Gasteiger partial charge in [-0.05, 0) is 31.2 Å². The van der Waals surface area contributed by atoms with Gasteiger partial charge >= 0.3 is 0 Å². The average Bonchev–Trinajstić information content (AvgIpc) is 3.50. The summed E-state index contributed by atoms with van der Waals surface area (Å²) in [6.45, 7) is 4.93. The van der Waals surface area contributed by atoms with Crippen molar-refractivity contribution in [2.24, 2.45) is 7.05 Å². The molecule has 1 saturated heterocycles. The quantitative estimate of drug-likeness (QED) is 0.408. The lowest BCUT2D eigenvalue weighted by Crippen LogP contribution is -2.49. The number of aromatic nitrogens is 5. The van der Waals surface area contributed by atoms with Crippen LogP contribution in [-0.2, 0) is 7.05 Å². The van der Waals surface area contributed by atoms with E-state index in [9.17, 15) is 9.50 Å². The SMILES string of the molecule is CC1CN(c2ccc3nc(-c4cc5cn(C)nc5c(F)c4O)nc(-c4nccs4)c3c2)CCN1. The molecule has 5 aromatic rings. The standard InChI is InChI=1S/C24H22FN7OS/c1-13-11-32(7-5-26-13)15-3-4-18-16(10-15)21(24-27-6-8-34-24)29-23(28-18)17-9-14-12-31(2)30-20(14)19(25)22(17)33/h3-4,6,8-10,12-13,26,33H,5,7,11H2,1-2H3. The van der Waals surface area contributed by atoms with E-state index < -0.39 is 11.6 Å². The summed E-state index contributed by atoms with van der Waals surface area (Å²) >= 11 is 1.47. The van der Waals surface area contributed by atoms with Crippen molar-refractivity contribution in [2.45, 2.75) is 13.0 Å². The van der Waals surface area contributed by atoms with Crippen LogP contribution in [0.1, 0.15) is 6.92 Å². The second kappa shape index (κ2) is 8.00. The minimum Gasteiger partial charge on any atom is -0.504 e. The highest BCUT2D eigenvalue weighted by Gasteiger charge is 2.22. The van der Waals surface area contributed by atoms with E-state index in [4.69, 9.17) is 9.97 Å². The Morgan fingerprint density at radius 3 is 2.91 bits per heavy atom. The number of anilines is 1. The highest BCUT2D eigenvalue weighted by Crippen LogP contribution is 2.38. The van der Waals surface area contributed by atoms with Crippen LogP contribution in [0, 0.1) is 5.82 Å². The lowest BCUT2D eigenvalue weighted by atomic mass is 10.1. The Bertz CT molecular complexity index is 1530. The van der Waals surface area contributed by atoms with Crippen LogP contribution in [0.4, 0.5) is 10.1 Å². The summed E-state index contributed by atoms with van der Waals surface area (Å²) < 4.78 is 16.4. The lowest BCUT2D eigenvalue weighted by Gasteiger charge is -2.33. The van der Waals surface area contributed by atoms with Crippen LogP contribution in [-0.4, -0.2) is 55.5 Å². The second-order valence-electron chi connectivity index (χ2n) is 8.56. The number of benzene rings is 2. The third-order valence-corrected chi connectivity index (χ3v) is 6.90. The fourth-order valence-corrected chi connectivity index (χ4v) is 5.15. The number of rotatable bonds is 3. The molecule has 1 unspecified atom stereocenters. The molecule has 0 bridgehead atoms. The highest BCUT2D eigenvalue weighted by atomic mass is 32.1. The third-order valence-electron chi connectivity index (χ3n) is 6.12. The molecule has 0 radical (unpaired) electrons. The van der Waals surface area contributed by atoms with Gasteiger partial charge in [-0.25, -0.2) is 19.3 Å². The van der Waals surface area contributed by atoms with Gasteiger partial charge in [0, 0.05) is 67.0 Å². The molecule has 6 rings (SSSR count). The highest BCUT2D eigenvalue weighted by molar-refractivity contribution is 7.13. The zero-order valence-corrected chi connectivity index (χ0v) is 19.5. The second-order valence-corrected chi connectivity index (χ2v) is 9.46. The van der Waals surface area contributed by atoms with Crippen LogP contribution in [0.15, 0.2) is 42.0 Å². The van der Waals surface area contributed by atoms with Gasteiger partial charge in [-0.2, -0.15) is 5.10 Å². The number of nitrogens with zero attached hydrogens (tertiary/aromatic N) is 6. The molecule has 172 valence electrons. The van der Waals surface area contributed by atoms with E-state index >= 15 is 0 Å². The van der Waals surface area contributed by atoms with Crippen molar-refractivity contribution < 1.29 is 9.50 Å². The van der Waals surface area contributed by atoms with E-state index in [-0.39, 0.29) is 16.9 Å². The van der Waals surface area contributed by atoms with Crippen LogP contribution < -0.4 is 10.2 Å². The Kier molecular flexibility index (Phi) is 4.93. The molecule has 34 heavy (non-hydrogen) atoms. The van der Waals surface area contributed by atoms with Gasteiger partial charge in [0.1, 0.15) is 16.2 Å². The first-order valence-corrected chi connectivity index (χ1v) is 11.9. The molecular formula is C24H22FN7OS. The van der Waals surface area contributed by atoms with Gasteiger partial charge in [0.05, 0.1) is 11.1 Å². The van der Waals surface area contributed by atoms with Crippen LogP contribution in [0.25, 0.3) is 43.9 Å². The number of piperazine rings is 1. The van der Waals surface area contributed by atoms with E-state index in [1.807, 2.05) is 17.5 Å². The first-order valence-electron chi connectivity index (χ1n) is 11.0. The molecule has 10 heteroatoms. The maximum atomic E-state index is 14.9. The minimum absolute atomic E-state index is 0.111. The maximum absolute atomic E-state index is 14.9. The normalized spacial score (nSPS) is 16.6. The molecule has 2 N–H and O–H groups in total. The molecule has 1 aliphatic rings. The summed E-state index contributed by atoms with van der Waals surface area (Å²) in [6.07, 6.45) is 3.43. The number of hydrogen-bond donors (Lipinski definition) is 2. The average molecular weight is 476 g/mol. The summed E-state index contributed by atoms with van der Waals surface area (Å²) in [5.41, 5.74) is 2.79. The van der Waals surface area contributed by atoms with Crippen molar-refractivity contribution in [1.29, 1.82) is 0 Å². The molecule has 0 amide bonds. The number of phenols is 1. The topological polar surface area (TPSA) is 92.0 Å². The van der Waals surface area contributed by atoms with Gasteiger partial charge in [0.25, 0.3) is 0 Å². The van der Waals surface area contributed by atoms with Crippen LogP contribution in [0.3, 0.4) is 0 Å². The number of aromatic hydroxyl groups is 1. The zero-order valence-electron chi connectivity index (χ0n) is 18.7. The Hall–Kier alpha value is -3.63. The molecule has 0 saturated carbocycles. The molecule has 8 nitrogen and oxygen atoms in total. The molecule has 1 fully saturated rings. The summed E-state index contributed by atoms with van der Waals surface area (Å²) in [5, 5.41) is 22.3. The number of aryl methyl sites for hydroxylation is 1. The third kappa shape index (κ3) is 3.46. The number of thiazole rings is 1. The summed E-state index contributed by atoms with van der Waals surface area (Å²) in [4.78, 5) is 16.3. The van der Waals surface area contributed by atoms with Gasteiger partial charge in [0.15, 0.2) is 17.4 Å². The number of phenolic OH excluding ortho intramolecular Hbond substituents is 1. The first kappa shape index (κ1) is 20.9. The van der Waals surface area contributed by atoms with Crippen LogP contribution in [0.2, 0.25) is 0 Å². The summed E-state index contributed by atoms with van der Waals surface area (Å²) in [7, 11) is 1.71. The molecule has 1 atom stereocenters. The predicted octanol–water partition coefficient (Wildman–Crippen LogP) is 3.95. The summed E-state index contributed by atoms with van der Waals surface area (Å²) in [6, 6.07) is 8.17. The molecule has 0 spiro atoms. The minimum atomic E-state index is -0.782. The Morgan fingerprint density at radius 1 is 1.24 bits per heavy atom. The van der Waals surface area contributed by atoms with E-state index in [2.05, 4.69) is 33.3 Å². The maximum Gasteiger partial charge on any atom is 0.193 e. The van der Waals surface area contributed by atoms with Crippen molar-refractivity contribution in [3.8, 4) is 27.8 Å². The van der Waals surface area contributed by atoms with Crippen LogP contribution in [0.5, 0.6) is 5.75 Å². The van der Waals surface area contributed by atoms with E-state index in [0.29, 0.717) is 22.6 Å². The van der Waals surface area contributed by atoms with Gasteiger partial charge < -0.3 is 15.3 Å². The molecular weight excluding hydrogens is 453 g/mol. The van der Waals surface area contributed by atoms with Gasteiger partial charge in [-0.1, -0.05) is 0 Å². The van der Waals surface area contributed by atoms with Crippen molar-refractivity contribution in [2.75, 3.05) is 24.5 Å². The Balaban J connectivity index is 1.55. The van der Waals surface area contributed by atoms with Crippen molar-refractivity contribution >= 4 is 38.8 Å². The molecule has 4 heterocycles. The summed E-state index contributed by atoms with van der Waals surface area (Å²) in [5.74, 6) is -1.05. The lowest BCUT2D eigenvalue weighted by molar-refractivity contribution is 0.437. The largest absolute Gasteiger partial charge is 0.504 e. The zero-order chi connectivity index (χ0) is 23.4. The van der Waals surface area contributed by atoms with E-state index in [1.54, 1.807) is 25.5 Å².